The van der Waals surface area contributed by atoms with Crippen LogP contribution in [0, 0.1) is 0 Å². The molecule has 112 valence electrons. The summed E-state index contributed by atoms with van der Waals surface area (Å²) in [4.78, 5) is 15.6. The van der Waals surface area contributed by atoms with Gasteiger partial charge in [-0.15, -0.1) is 0 Å². The van der Waals surface area contributed by atoms with Gasteiger partial charge in [-0.2, -0.15) is 0 Å². The minimum Gasteiger partial charge on any atom is -0.496 e. The molecule has 7 heteroatoms. The molecular weight excluding hydrogens is 352 g/mol. The van der Waals surface area contributed by atoms with E-state index in [9.17, 15) is 9.90 Å². The zero-order chi connectivity index (χ0) is 15.9. The lowest BCUT2D eigenvalue weighted by molar-refractivity contribution is 0.0698. The maximum atomic E-state index is 11.3. The highest BCUT2D eigenvalue weighted by molar-refractivity contribution is 9.10. The molecule has 0 aliphatic carbocycles. The first kappa shape index (κ1) is 14.4. The number of nitrogens with zero attached hydrogens (tertiary/aromatic N) is 1. The third kappa shape index (κ3) is 2.39. The molecule has 1 heterocycles. The van der Waals surface area contributed by atoms with Crippen molar-refractivity contribution in [2.75, 3.05) is 12.8 Å². The second-order valence-electron chi connectivity index (χ2n) is 4.59. The number of anilines is 1. The van der Waals surface area contributed by atoms with E-state index in [-0.39, 0.29) is 11.1 Å². The molecule has 0 spiro atoms. The van der Waals surface area contributed by atoms with Gasteiger partial charge in [0, 0.05) is 11.3 Å². The maximum absolute atomic E-state index is 11.3. The van der Waals surface area contributed by atoms with Crippen molar-refractivity contribution in [3.63, 3.8) is 0 Å². The molecule has 0 aliphatic heterocycles. The number of hydrogen-bond donors (Lipinski definition) is 2. The van der Waals surface area contributed by atoms with E-state index >= 15 is 0 Å². The van der Waals surface area contributed by atoms with Gasteiger partial charge in [0.05, 0.1) is 11.6 Å². The summed E-state index contributed by atoms with van der Waals surface area (Å²) in [6.45, 7) is 0. The highest BCUT2D eigenvalue weighted by atomic mass is 79.9. The largest absolute Gasteiger partial charge is 0.496 e. The number of hydrogen-bond acceptors (Lipinski definition) is 5. The van der Waals surface area contributed by atoms with Crippen LogP contribution in [0.25, 0.3) is 22.6 Å². The Bertz CT molecular complexity index is 889. The Morgan fingerprint density at radius 2 is 2.14 bits per heavy atom. The predicted octanol–water partition coefficient (Wildman–Crippen LogP) is 3.55. The molecule has 0 radical (unpaired) electrons. The summed E-state index contributed by atoms with van der Waals surface area (Å²) in [5.41, 5.74) is 7.30. The standard InChI is InChI=1S/C15H11BrN2O4/c1-21-12-3-2-7(4-10(12)16)14-18-11-6-8(17)5-9(15(19)20)13(11)22-14/h2-6H,17H2,1H3,(H,19,20). The van der Waals surface area contributed by atoms with E-state index in [0.717, 1.165) is 4.47 Å². The van der Waals surface area contributed by atoms with Gasteiger partial charge >= 0.3 is 5.97 Å². The number of carboxylic acids is 1. The van der Waals surface area contributed by atoms with Crippen LogP contribution in [-0.4, -0.2) is 23.2 Å². The first-order valence-corrected chi connectivity index (χ1v) is 7.06. The molecule has 0 amide bonds. The van der Waals surface area contributed by atoms with Crippen LogP contribution < -0.4 is 10.5 Å². The second kappa shape index (κ2) is 5.34. The van der Waals surface area contributed by atoms with Crippen LogP contribution in [0.1, 0.15) is 10.4 Å². The molecule has 1 aromatic heterocycles. The van der Waals surface area contributed by atoms with Crippen LogP contribution in [0.2, 0.25) is 0 Å². The molecular formula is C15H11BrN2O4. The number of aromatic nitrogens is 1. The van der Waals surface area contributed by atoms with Gasteiger partial charge in [0.2, 0.25) is 5.89 Å². The summed E-state index contributed by atoms with van der Waals surface area (Å²) < 4.78 is 11.5. The fourth-order valence-corrected chi connectivity index (χ4v) is 2.68. The van der Waals surface area contributed by atoms with Crippen molar-refractivity contribution in [1.29, 1.82) is 0 Å². The molecule has 22 heavy (non-hydrogen) atoms. The van der Waals surface area contributed by atoms with Crippen molar-refractivity contribution in [2.45, 2.75) is 0 Å². The summed E-state index contributed by atoms with van der Waals surface area (Å²) in [7, 11) is 1.57. The minimum atomic E-state index is -1.11. The Kier molecular flexibility index (Phi) is 3.50. The van der Waals surface area contributed by atoms with Crippen molar-refractivity contribution in [3.8, 4) is 17.2 Å². The molecule has 6 nitrogen and oxygen atoms in total. The van der Waals surface area contributed by atoms with Gasteiger partial charge in [-0.1, -0.05) is 0 Å². The van der Waals surface area contributed by atoms with Crippen LogP contribution in [0.4, 0.5) is 5.69 Å². The maximum Gasteiger partial charge on any atom is 0.339 e. The number of oxazole rings is 1. The van der Waals surface area contributed by atoms with E-state index in [1.165, 1.54) is 6.07 Å². The first-order chi connectivity index (χ1) is 10.5. The molecule has 0 atom stereocenters. The van der Waals surface area contributed by atoms with Gasteiger partial charge < -0.3 is 20.0 Å². The smallest absolute Gasteiger partial charge is 0.339 e. The van der Waals surface area contributed by atoms with Gasteiger partial charge in [-0.25, -0.2) is 9.78 Å². The van der Waals surface area contributed by atoms with Crippen LogP contribution in [-0.2, 0) is 0 Å². The van der Waals surface area contributed by atoms with E-state index < -0.39 is 5.97 Å². The van der Waals surface area contributed by atoms with Gasteiger partial charge in [0.1, 0.15) is 16.8 Å². The Balaban J connectivity index is 2.18. The number of rotatable bonds is 3. The highest BCUT2D eigenvalue weighted by Crippen LogP contribution is 2.33. The van der Waals surface area contributed by atoms with E-state index in [1.807, 2.05) is 0 Å². The topological polar surface area (TPSA) is 98.6 Å². The normalized spacial score (nSPS) is 10.8. The quantitative estimate of drug-likeness (QED) is 0.691. The van der Waals surface area contributed by atoms with Crippen LogP contribution in [0.15, 0.2) is 39.2 Å². The number of nitrogen functional groups attached to an aromatic ring is 1. The Labute approximate surface area is 133 Å². The SMILES string of the molecule is COc1ccc(-c2nc3cc(N)cc(C(=O)O)c3o2)cc1Br. The van der Waals surface area contributed by atoms with Crippen LogP contribution in [0.5, 0.6) is 5.75 Å². The number of ether oxygens (including phenoxy) is 1. The third-order valence-electron chi connectivity index (χ3n) is 3.14. The molecule has 3 N–H and O–H groups in total. The lowest BCUT2D eigenvalue weighted by Crippen LogP contribution is -1.98. The number of benzene rings is 2. The van der Waals surface area contributed by atoms with Crippen molar-refractivity contribution < 1.29 is 19.1 Å². The summed E-state index contributed by atoms with van der Waals surface area (Å²) in [5.74, 6) is -0.127. The van der Waals surface area contributed by atoms with Gasteiger partial charge in [0.15, 0.2) is 5.58 Å². The predicted molar refractivity (Wildman–Crippen MR) is 85.1 cm³/mol. The molecule has 3 rings (SSSR count). The number of fused-ring (bicyclic) bond motifs is 1. The first-order valence-electron chi connectivity index (χ1n) is 6.27. The molecule has 0 bridgehead atoms. The van der Waals surface area contributed by atoms with E-state index in [4.69, 9.17) is 14.9 Å². The fraction of sp³-hybridized carbons (Fsp3) is 0.0667. The number of carboxylic acid groups (broad SMARTS) is 1. The molecule has 0 fully saturated rings. The molecule has 0 aliphatic rings. The molecule has 3 aromatic rings. The zero-order valence-electron chi connectivity index (χ0n) is 11.5. The van der Waals surface area contributed by atoms with Crippen LogP contribution >= 0.6 is 15.9 Å². The second-order valence-corrected chi connectivity index (χ2v) is 5.44. The average molecular weight is 363 g/mol. The zero-order valence-corrected chi connectivity index (χ0v) is 13.0. The van der Waals surface area contributed by atoms with Crippen LogP contribution in [0.3, 0.4) is 0 Å². The van der Waals surface area contributed by atoms with E-state index in [1.54, 1.807) is 31.4 Å². The summed E-state index contributed by atoms with van der Waals surface area (Å²) in [5, 5.41) is 9.23. The highest BCUT2D eigenvalue weighted by Gasteiger charge is 2.17. The molecule has 0 saturated carbocycles. The van der Waals surface area contributed by atoms with Gasteiger partial charge in [-0.05, 0) is 46.3 Å². The number of carbonyl (C=O) groups is 1. The van der Waals surface area contributed by atoms with Gasteiger partial charge in [0.25, 0.3) is 0 Å². The number of aromatic carboxylic acids is 1. The number of nitrogens with two attached hydrogens (primary N) is 1. The number of halogens is 1. The fourth-order valence-electron chi connectivity index (χ4n) is 2.14. The van der Waals surface area contributed by atoms with Crippen molar-refractivity contribution in [2.24, 2.45) is 0 Å². The van der Waals surface area contributed by atoms with Crippen molar-refractivity contribution in [3.05, 3.63) is 40.4 Å². The Hall–Kier alpha value is -2.54. The van der Waals surface area contributed by atoms with Crippen molar-refractivity contribution >= 4 is 38.7 Å². The van der Waals surface area contributed by atoms with E-state index in [2.05, 4.69) is 20.9 Å². The summed E-state index contributed by atoms with van der Waals surface area (Å²) >= 11 is 3.39. The van der Waals surface area contributed by atoms with E-state index in [0.29, 0.717) is 28.4 Å². The Morgan fingerprint density at radius 1 is 1.36 bits per heavy atom. The number of methoxy groups -OCH3 is 1. The monoisotopic (exact) mass is 362 g/mol. The minimum absolute atomic E-state index is 0.0127. The molecule has 0 saturated heterocycles. The van der Waals surface area contributed by atoms with Gasteiger partial charge in [-0.3, -0.25) is 0 Å². The summed E-state index contributed by atoms with van der Waals surface area (Å²) in [6, 6.07) is 8.25. The Morgan fingerprint density at radius 3 is 2.77 bits per heavy atom. The van der Waals surface area contributed by atoms with Crippen molar-refractivity contribution in [1.82, 2.24) is 4.98 Å². The molecule has 2 aromatic carbocycles. The average Bonchev–Trinajstić information content (AvgIpc) is 2.89. The lowest BCUT2D eigenvalue weighted by atomic mass is 10.2. The third-order valence-corrected chi connectivity index (χ3v) is 3.76. The lowest BCUT2D eigenvalue weighted by Gasteiger charge is -2.03. The molecule has 0 unspecified atom stereocenters. The summed E-state index contributed by atoms with van der Waals surface area (Å²) in [6.07, 6.45) is 0.